The van der Waals surface area contributed by atoms with Crippen molar-refractivity contribution in [1.29, 1.82) is 5.26 Å². The summed E-state index contributed by atoms with van der Waals surface area (Å²) < 4.78 is 5.30. The Bertz CT molecular complexity index is 1120. The van der Waals surface area contributed by atoms with E-state index >= 15 is 0 Å². The smallest absolute Gasteiger partial charge is 0.337 e. The van der Waals surface area contributed by atoms with E-state index in [2.05, 4.69) is 23.3 Å². The van der Waals surface area contributed by atoms with Crippen molar-refractivity contribution in [2.24, 2.45) is 0 Å². The molecule has 0 unspecified atom stereocenters. The summed E-state index contributed by atoms with van der Waals surface area (Å²) in [5, 5.41) is 16.6. The lowest BCUT2D eigenvalue weighted by atomic mass is 9.82. The average molecular weight is 460 g/mol. The number of nitriles is 1. The monoisotopic (exact) mass is 459 g/mol. The number of nitrogens with zero attached hydrogens (tertiary/aromatic N) is 1. The van der Waals surface area contributed by atoms with Gasteiger partial charge in [-0.1, -0.05) is 85.1 Å². The van der Waals surface area contributed by atoms with Gasteiger partial charge in [-0.25, -0.2) is 4.79 Å². The molecule has 2 aromatic rings. The Morgan fingerprint density at radius 1 is 1.18 bits per heavy atom. The summed E-state index contributed by atoms with van der Waals surface area (Å²) >= 11 is 1.24. The number of carbonyl (C=O) groups excluding carboxylic acids is 2. The summed E-state index contributed by atoms with van der Waals surface area (Å²) in [6.45, 7) is 5.86. The number of ether oxygens (including phenoxy) is 1. The molecule has 1 aliphatic heterocycles. The number of allylic oxidation sites excluding steroid dienone is 2. The standard InChI is InChI=1S/C26H25N3O3S/c1-3-14-32-26(31)23-18(2)29-25(21(15-27)24(23)20-12-8-5-9-13-20)33-17-22(30)28-16-19-10-6-4-7-11-19/h3-13,24,29H,1,14,16-17H2,2H3,(H,28,30)/t24-/m1/s1. The first kappa shape index (κ1) is 23.9. The molecule has 0 saturated heterocycles. The van der Waals surface area contributed by atoms with Gasteiger partial charge < -0.3 is 15.4 Å². The van der Waals surface area contributed by atoms with Crippen LogP contribution in [0, 0.1) is 11.3 Å². The van der Waals surface area contributed by atoms with E-state index in [0.29, 0.717) is 28.4 Å². The molecule has 1 amide bonds. The van der Waals surface area contributed by atoms with E-state index in [9.17, 15) is 14.9 Å². The second-order valence-electron chi connectivity index (χ2n) is 7.30. The van der Waals surface area contributed by atoms with Crippen molar-refractivity contribution >= 4 is 23.6 Å². The topological polar surface area (TPSA) is 91.2 Å². The van der Waals surface area contributed by atoms with Gasteiger partial charge in [0.15, 0.2) is 0 Å². The van der Waals surface area contributed by atoms with E-state index < -0.39 is 11.9 Å². The molecule has 3 rings (SSSR count). The number of benzene rings is 2. The van der Waals surface area contributed by atoms with Gasteiger partial charge in [-0.3, -0.25) is 4.79 Å². The molecule has 1 atom stereocenters. The molecule has 33 heavy (non-hydrogen) atoms. The lowest BCUT2D eigenvalue weighted by molar-refractivity contribution is -0.138. The van der Waals surface area contributed by atoms with E-state index in [1.54, 1.807) is 6.92 Å². The van der Waals surface area contributed by atoms with Gasteiger partial charge in [-0.05, 0) is 18.1 Å². The van der Waals surface area contributed by atoms with Gasteiger partial charge in [0.05, 0.1) is 33.9 Å². The predicted octanol–water partition coefficient (Wildman–Crippen LogP) is 4.16. The third kappa shape index (κ3) is 6.15. The third-order valence-corrected chi connectivity index (χ3v) is 6.03. The molecule has 2 aromatic carbocycles. The fraction of sp³-hybridized carbons (Fsp3) is 0.192. The zero-order valence-electron chi connectivity index (χ0n) is 18.3. The maximum absolute atomic E-state index is 12.8. The number of thioether (sulfide) groups is 1. The number of rotatable bonds is 9. The van der Waals surface area contributed by atoms with Crippen molar-refractivity contribution < 1.29 is 14.3 Å². The summed E-state index contributed by atoms with van der Waals surface area (Å²) in [4.78, 5) is 25.3. The molecular weight excluding hydrogens is 434 g/mol. The van der Waals surface area contributed by atoms with Crippen LogP contribution in [0.4, 0.5) is 0 Å². The van der Waals surface area contributed by atoms with Crippen LogP contribution in [0.3, 0.4) is 0 Å². The molecular formula is C26H25N3O3S. The second kappa shape index (κ2) is 11.7. The average Bonchev–Trinajstić information content (AvgIpc) is 2.85. The van der Waals surface area contributed by atoms with Crippen LogP contribution in [0.25, 0.3) is 0 Å². The van der Waals surface area contributed by atoms with Gasteiger partial charge in [0.2, 0.25) is 5.91 Å². The molecule has 0 spiro atoms. The highest BCUT2D eigenvalue weighted by molar-refractivity contribution is 8.03. The quantitative estimate of drug-likeness (QED) is 0.432. The summed E-state index contributed by atoms with van der Waals surface area (Å²) in [5.74, 6) is -1.12. The van der Waals surface area contributed by atoms with Crippen LogP contribution in [0.1, 0.15) is 24.0 Å². The zero-order chi connectivity index (χ0) is 23.6. The van der Waals surface area contributed by atoms with Crippen LogP contribution in [-0.2, 0) is 20.9 Å². The predicted molar refractivity (Wildman–Crippen MR) is 130 cm³/mol. The van der Waals surface area contributed by atoms with Crippen molar-refractivity contribution in [1.82, 2.24) is 10.6 Å². The number of nitrogens with one attached hydrogen (secondary N) is 2. The Morgan fingerprint density at radius 2 is 1.85 bits per heavy atom. The second-order valence-corrected chi connectivity index (χ2v) is 8.29. The normalized spacial score (nSPS) is 15.3. The minimum absolute atomic E-state index is 0.0753. The van der Waals surface area contributed by atoms with Crippen LogP contribution >= 0.6 is 11.8 Å². The molecule has 0 aromatic heterocycles. The van der Waals surface area contributed by atoms with Crippen molar-refractivity contribution in [3.8, 4) is 6.07 Å². The Kier molecular flexibility index (Phi) is 8.50. The molecule has 0 bridgehead atoms. The minimum atomic E-state index is -0.593. The Labute approximate surface area is 198 Å². The first-order valence-corrected chi connectivity index (χ1v) is 11.4. The number of hydrogen-bond donors (Lipinski definition) is 2. The highest BCUT2D eigenvalue weighted by Gasteiger charge is 2.35. The molecule has 1 aliphatic rings. The maximum Gasteiger partial charge on any atom is 0.337 e. The molecule has 0 radical (unpaired) electrons. The molecule has 6 nitrogen and oxygen atoms in total. The highest BCUT2D eigenvalue weighted by atomic mass is 32.2. The number of amides is 1. The summed E-state index contributed by atoms with van der Waals surface area (Å²) in [5.41, 5.74) is 3.14. The molecule has 168 valence electrons. The third-order valence-electron chi connectivity index (χ3n) is 5.01. The molecule has 1 heterocycles. The molecule has 7 heteroatoms. The van der Waals surface area contributed by atoms with Crippen LogP contribution < -0.4 is 10.6 Å². The Hall–Kier alpha value is -3.76. The van der Waals surface area contributed by atoms with Crippen molar-refractivity contribution in [2.75, 3.05) is 12.4 Å². The maximum atomic E-state index is 12.8. The first-order chi connectivity index (χ1) is 16.0. The van der Waals surface area contributed by atoms with Gasteiger partial charge in [0, 0.05) is 12.2 Å². The van der Waals surface area contributed by atoms with Crippen molar-refractivity contribution in [3.63, 3.8) is 0 Å². The summed E-state index contributed by atoms with van der Waals surface area (Å²) in [6, 6.07) is 21.2. The fourth-order valence-corrected chi connectivity index (χ4v) is 4.40. The van der Waals surface area contributed by atoms with Gasteiger partial charge in [-0.2, -0.15) is 5.26 Å². The van der Waals surface area contributed by atoms with Crippen molar-refractivity contribution in [3.05, 3.63) is 106 Å². The van der Waals surface area contributed by atoms with Gasteiger partial charge in [-0.15, -0.1) is 0 Å². The van der Waals surface area contributed by atoms with E-state index in [1.807, 2.05) is 60.7 Å². The fourth-order valence-electron chi connectivity index (χ4n) is 3.47. The van der Waals surface area contributed by atoms with Gasteiger partial charge in [0.1, 0.15) is 6.61 Å². The van der Waals surface area contributed by atoms with Crippen LogP contribution in [-0.4, -0.2) is 24.2 Å². The SMILES string of the molecule is C=CCOC(=O)C1=C(C)NC(SCC(=O)NCc2ccccc2)=C(C#N)[C@H]1c1ccccc1. The van der Waals surface area contributed by atoms with E-state index in [-0.39, 0.29) is 18.3 Å². The molecule has 0 saturated carbocycles. The molecule has 0 fully saturated rings. The zero-order valence-corrected chi connectivity index (χ0v) is 19.2. The molecule has 0 aliphatic carbocycles. The highest BCUT2D eigenvalue weighted by Crippen LogP contribution is 2.40. The number of esters is 1. The van der Waals surface area contributed by atoms with E-state index in [4.69, 9.17) is 4.74 Å². The number of dihydropyridines is 1. The first-order valence-electron chi connectivity index (χ1n) is 10.4. The van der Waals surface area contributed by atoms with Crippen LogP contribution in [0.15, 0.2) is 95.2 Å². The van der Waals surface area contributed by atoms with Crippen LogP contribution in [0.5, 0.6) is 0 Å². The van der Waals surface area contributed by atoms with Crippen LogP contribution in [0.2, 0.25) is 0 Å². The largest absolute Gasteiger partial charge is 0.458 e. The van der Waals surface area contributed by atoms with E-state index in [0.717, 1.165) is 11.1 Å². The van der Waals surface area contributed by atoms with E-state index in [1.165, 1.54) is 17.8 Å². The summed E-state index contributed by atoms with van der Waals surface area (Å²) in [6.07, 6.45) is 1.50. The Balaban J connectivity index is 1.81. The molecule has 2 N–H and O–H groups in total. The van der Waals surface area contributed by atoms with Gasteiger partial charge in [0.25, 0.3) is 0 Å². The summed E-state index contributed by atoms with van der Waals surface area (Å²) in [7, 11) is 0. The Morgan fingerprint density at radius 3 is 2.48 bits per heavy atom. The lowest BCUT2D eigenvalue weighted by Gasteiger charge is -2.29. The number of carbonyl (C=O) groups is 2. The minimum Gasteiger partial charge on any atom is -0.458 e. The van der Waals surface area contributed by atoms with Gasteiger partial charge >= 0.3 is 5.97 Å². The van der Waals surface area contributed by atoms with Crippen molar-refractivity contribution in [2.45, 2.75) is 19.4 Å². The lowest BCUT2D eigenvalue weighted by Crippen LogP contribution is -2.30. The number of hydrogen-bond acceptors (Lipinski definition) is 6.